The molecular weight excluding hydrogens is 164 g/mol. The molecule has 72 valence electrons. The van der Waals surface area contributed by atoms with Crippen LogP contribution in [0, 0.1) is 13.8 Å². The number of hydrogen-bond acceptors (Lipinski definition) is 2. The molecule has 0 saturated carbocycles. The molecule has 13 heavy (non-hydrogen) atoms. The van der Waals surface area contributed by atoms with Gasteiger partial charge in [0.25, 0.3) is 0 Å². The molecule has 0 spiro atoms. The maximum absolute atomic E-state index is 9.10. The Balaban J connectivity index is 3.09. The van der Waals surface area contributed by atoms with Crippen LogP contribution in [0.1, 0.15) is 22.3 Å². The quantitative estimate of drug-likeness (QED) is 0.770. The van der Waals surface area contributed by atoms with E-state index in [0.717, 1.165) is 11.1 Å². The van der Waals surface area contributed by atoms with E-state index in [-0.39, 0.29) is 6.61 Å². The first-order chi connectivity index (χ1) is 6.19. The Labute approximate surface area is 79.2 Å². The van der Waals surface area contributed by atoms with Crippen LogP contribution in [0.5, 0.6) is 0 Å². The van der Waals surface area contributed by atoms with E-state index in [1.807, 2.05) is 13.0 Å². The van der Waals surface area contributed by atoms with E-state index in [1.165, 1.54) is 11.1 Å². The highest BCUT2D eigenvalue weighted by Crippen LogP contribution is 2.16. The largest absolute Gasteiger partial charge is 0.392 e. The van der Waals surface area contributed by atoms with Gasteiger partial charge in [0.1, 0.15) is 0 Å². The summed E-state index contributed by atoms with van der Waals surface area (Å²) in [7, 11) is 1.66. The highest BCUT2D eigenvalue weighted by atomic mass is 16.5. The molecule has 0 amide bonds. The normalized spacial score (nSPS) is 10.5. The number of rotatable bonds is 3. The summed E-state index contributed by atoms with van der Waals surface area (Å²) >= 11 is 0. The van der Waals surface area contributed by atoms with E-state index < -0.39 is 0 Å². The van der Waals surface area contributed by atoms with Gasteiger partial charge in [0, 0.05) is 7.11 Å². The van der Waals surface area contributed by atoms with Crippen LogP contribution >= 0.6 is 0 Å². The van der Waals surface area contributed by atoms with E-state index in [1.54, 1.807) is 7.11 Å². The lowest BCUT2D eigenvalue weighted by atomic mass is 10.0. The Morgan fingerprint density at radius 3 is 2.15 bits per heavy atom. The molecule has 0 heterocycles. The van der Waals surface area contributed by atoms with E-state index in [0.29, 0.717) is 6.61 Å². The monoisotopic (exact) mass is 180 g/mol. The van der Waals surface area contributed by atoms with Crippen LogP contribution in [0.25, 0.3) is 0 Å². The summed E-state index contributed by atoms with van der Waals surface area (Å²) in [6.07, 6.45) is 0. The van der Waals surface area contributed by atoms with Gasteiger partial charge < -0.3 is 9.84 Å². The highest BCUT2D eigenvalue weighted by molar-refractivity contribution is 5.36. The van der Waals surface area contributed by atoms with Crippen molar-refractivity contribution in [2.75, 3.05) is 7.11 Å². The van der Waals surface area contributed by atoms with Crippen molar-refractivity contribution in [1.82, 2.24) is 0 Å². The van der Waals surface area contributed by atoms with Gasteiger partial charge in [-0.2, -0.15) is 0 Å². The van der Waals surface area contributed by atoms with Gasteiger partial charge in [-0.05, 0) is 36.1 Å². The second-order valence-corrected chi connectivity index (χ2v) is 3.30. The number of hydrogen-bond donors (Lipinski definition) is 1. The Bertz CT molecular complexity index is 292. The second kappa shape index (κ2) is 4.40. The average Bonchev–Trinajstić information content (AvgIpc) is 2.11. The molecular formula is C11H16O2. The zero-order valence-corrected chi connectivity index (χ0v) is 8.42. The summed E-state index contributed by atoms with van der Waals surface area (Å²) in [4.78, 5) is 0. The molecule has 0 aliphatic carbocycles. The molecule has 0 saturated heterocycles. The van der Waals surface area contributed by atoms with Gasteiger partial charge in [0.2, 0.25) is 0 Å². The molecule has 0 fully saturated rings. The van der Waals surface area contributed by atoms with E-state index in [9.17, 15) is 0 Å². The van der Waals surface area contributed by atoms with Crippen molar-refractivity contribution >= 4 is 0 Å². The van der Waals surface area contributed by atoms with Crippen LogP contribution in [0.2, 0.25) is 0 Å². The fourth-order valence-electron chi connectivity index (χ4n) is 1.37. The van der Waals surface area contributed by atoms with Crippen molar-refractivity contribution in [1.29, 1.82) is 0 Å². The first-order valence-electron chi connectivity index (χ1n) is 4.37. The molecule has 0 aromatic heterocycles. The molecule has 1 N–H and O–H groups in total. The van der Waals surface area contributed by atoms with Gasteiger partial charge >= 0.3 is 0 Å². The molecule has 0 aliphatic rings. The van der Waals surface area contributed by atoms with Gasteiger partial charge in [-0.25, -0.2) is 0 Å². The number of aliphatic hydroxyl groups excluding tert-OH is 1. The molecule has 2 nitrogen and oxygen atoms in total. The Kier molecular flexibility index (Phi) is 3.46. The lowest BCUT2D eigenvalue weighted by Gasteiger charge is -2.10. The molecule has 0 aliphatic heterocycles. The minimum atomic E-state index is 0.0831. The molecule has 0 bridgehead atoms. The molecule has 2 heteroatoms. The SMILES string of the molecule is COCc1cc(C)c(C)cc1CO. The third-order valence-electron chi connectivity index (χ3n) is 2.29. The first kappa shape index (κ1) is 10.2. The summed E-state index contributed by atoms with van der Waals surface area (Å²) in [6.45, 7) is 4.76. The Morgan fingerprint density at radius 2 is 1.69 bits per heavy atom. The maximum atomic E-state index is 9.10. The molecule has 1 rings (SSSR count). The first-order valence-corrected chi connectivity index (χ1v) is 4.37. The Hall–Kier alpha value is -0.860. The number of aryl methyl sites for hydroxylation is 2. The number of ether oxygens (including phenoxy) is 1. The van der Waals surface area contributed by atoms with Gasteiger partial charge in [-0.1, -0.05) is 12.1 Å². The molecule has 0 atom stereocenters. The van der Waals surface area contributed by atoms with Crippen molar-refractivity contribution < 1.29 is 9.84 Å². The van der Waals surface area contributed by atoms with Gasteiger partial charge in [0.15, 0.2) is 0 Å². The predicted molar refractivity (Wildman–Crippen MR) is 52.6 cm³/mol. The lowest BCUT2D eigenvalue weighted by molar-refractivity contribution is 0.181. The van der Waals surface area contributed by atoms with Crippen LogP contribution in [0.4, 0.5) is 0 Å². The molecule has 1 aromatic carbocycles. The average molecular weight is 180 g/mol. The van der Waals surface area contributed by atoms with Crippen LogP contribution in [0.15, 0.2) is 12.1 Å². The maximum Gasteiger partial charge on any atom is 0.0716 e. The summed E-state index contributed by atoms with van der Waals surface area (Å²) in [5.41, 5.74) is 4.49. The summed E-state index contributed by atoms with van der Waals surface area (Å²) in [6, 6.07) is 4.09. The standard InChI is InChI=1S/C11H16O2/c1-8-4-10(6-12)11(7-13-3)5-9(8)2/h4-5,12H,6-7H2,1-3H3. The summed E-state index contributed by atoms with van der Waals surface area (Å²) < 4.78 is 5.05. The van der Waals surface area contributed by atoms with Crippen LogP contribution in [0.3, 0.4) is 0 Å². The third kappa shape index (κ3) is 2.29. The van der Waals surface area contributed by atoms with Crippen molar-refractivity contribution in [3.8, 4) is 0 Å². The molecule has 0 unspecified atom stereocenters. The van der Waals surface area contributed by atoms with E-state index in [2.05, 4.69) is 13.0 Å². The highest BCUT2D eigenvalue weighted by Gasteiger charge is 2.03. The minimum Gasteiger partial charge on any atom is -0.392 e. The number of aliphatic hydroxyl groups is 1. The smallest absolute Gasteiger partial charge is 0.0716 e. The zero-order valence-electron chi connectivity index (χ0n) is 8.42. The van der Waals surface area contributed by atoms with Crippen molar-refractivity contribution in [2.45, 2.75) is 27.1 Å². The van der Waals surface area contributed by atoms with E-state index in [4.69, 9.17) is 9.84 Å². The van der Waals surface area contributed by atoms with Gasteiger partial charge in [-0.15, -0.1) is 0 Å². The lowest BCUT2D eigenvalue weighted by Crippen LogP contribution is -1.98. The van der Waals surface area contributed by atoms with Crippen molar-refractivity contribution in [3.05, 3.63) is 34.4 Å². The fraction of sp³-hybridized carbons (Fsp3) is 0.455. The Morgan fingerprint density at radius 1 is 1.15 bits per heavy atom. The predicted octanol–water partition coefficient (Wildman–Crippen LogP) is 1.94. The van der Waals surface area contributed by atoms with Gasteiger partial charge in [0.05, 0.1) is 13.2 Å². The van der Waals surface area contributed by atoms with Crippen LogP contribution in [-0.2, 0) is 18.0 Å². The molecule has 1 aromatic rings. The fourth-order valence-corrected chi connectivity index (χ4v) is 1.37. The van der Waals surface area contributed by atoms with Crippen LogP contribution in [-0.4, -0.2) is 12.2 Å². The third-order valence-corrected chi connectivity index (χ3v) is 2.29. The topological polar surface area (TPSA) is 29.5 Å². The van der Waals surface area contributed by atoms with Crippen LogP contribution < -0.4 is 0 Å². The molecule has 0 radical (unpaired) electrons. The summed E-state index contributed by atoms with van der Waals surface area (Å²) in [5, 5.41) is 9.10. The van der Waals surface area contributed by atoms with Crippen molar-refractivity contribution in [3.63, 3.8) is 0 Å². The second-order valence-electron chi connectivity index (χ2n) is 3.30. The minimum absolute atomic E-state index is 0.0831. The van der Waals surface area contributed by atoms with Gasteiger partial charge in [-0.3, -0.25) is 0 Å². The number of benzene rings is 1. The van der Waals surface area contributed by atoms with E-state index >= 15 is 0 Å². The summed E-state index contributed by atoms with van der Waals surface area (Å²) in [5.74, 6) is 0. The van der Waals surface area contributed by atoms with Crippen molar-refractivity contribution in [2.24, 2.45) is 0 Å². The zero-order chi connectivity index (χ0) is 9.84. The number of methoxy groups -OCH3 is 1.